The molecule has 2 aliphatic rings. The molecule has 3 nitrogen and oxygen atoms in total. The third kappa shape index (κ3) is 2.95. The lowest BCUT2D eigenvalue weighted by molar-refractivity contribution is -0.141. The van der Waals surface area contributed by atoms with E-state index in [0.717, 1.165) is 12.2 Å². The number of benzene rings is 1. The number of nitrogens with two attached hydrogens (primary N) is 1. The first-order chi connectivity index (χ1) is 10.2. The Kier molecular flexibility index (Phi) is 4.51. The van der Waals surface area contributed by atoms with Gasteiger partial charge in [-0.3, -0.25) is 0 Å². The minimum Gasteiger partial charge on any atom is -0.497 e. The van der Waals surface area contributed by atoms with E-state index in [-0.39, 0.29) is 5.41 Å². The lowest BCUT2D eigenvalue weighted by atomic mass is 9.58. The molecule has 0 radical (unpaired) electrons. The molecule has 0 heterocycles. The van der Waals surface area contributed by atoms with E-state index in [1.807, 2.05) is 12.1 Å². The second kappa shape index (κ2) is 6.37. The van der Waals surface area contributed by atoms with Gasteiger partial charge in [-0.15, -0.1) is 0 Å². The van der Waals surface area contributed by atoms with Crippen LogP contribution in [0.2, 0.25) is 0 Å². The molecule has 0 bridgehead atoms. The van der Waals surface area contributed by atoms with Crippen molar-refractivity contribution in [3.63, 3.8) is 0 Å². The van der Waals surface area contributed by atoms with E-state index >= 15 is 0 Å². The Morgan fingerprint density at radius 1 is 1.10 bits per heavy atom. The van der Waals surface area contributed by atoms with Crippen LogP contribution in [0, 0.1) is 5.41 Å². The van der Waals surface area contributed by atoms with E-state index in [1.54, 1.807) is 7.11 Å². The van der Waals surface area contributed by atoms with Gasteiger partial charge in [0.25, 0.3) is 0 Å². The van der Waals surface area contributed by atoms with Crippen LogP contribution in [-0.4, -0.2) is 19.3 Å². The zero-order valence-electron chi connectivity index (χ0n) is 13.0. The van der Waals surface area contributed by atoms with E-state index in [4.69, 9.17) is 15.2 Å². The molecule has 21 heavy (non-hydrogen) atoms. The van der Waals surface area contributed by atoms with Crippen molar-refractivity contribution in [2.24, 2.45) is 11.1 Å². The van der Waals surface area contributed by atoms with E-state index in [2.05, 4.69) is 12.1 Å². The maximum Gasteiger partial charge on any atom is 0.118 e. The van der Waals surface area contributed by atoms with E-state index in [0.29, 0.717) is 18.8 Å². The second-order valence-corrected chi connectivity index (χ2v) is 6.64. The first-order valence-electron chi connectivity index (χ1n) is 8.25. The summed E-state index contributed by atoms with van der Waals surface area (Å²) in [7, 11) is 1.69. The molecule has 0 amide bonds. The maximum absolute atomic E-state index is 6.36. The van der Waals surface area contributed by atoms with Crippen molar-refractivity contribution in [3.05, 3.63) is 29.8 Å². The normalized spacial score (nSPS) is 27.9. The molecule has 116 valence electrons. The molecule has 1 aromatic carbocycles. The Hall–Kier alpha value is -1.06. The van der Waals surface area contributed by atoms with Crippen LogP contribution >= 0.6 is 0 Å². The monoisotopic (exact) mass is 289 g/mol. The molecule has 0 saturated heterocycles. The minimum absolute atomic E-state index is 0.267. The number of rotatable bonds is 4. The topological polar surface area (TPSA) is 44.5 Å². The third-order valence-electron chi connectivity index (χ3n) is 5.49. The standard InChI is InChI=1S/C18H27NO2/c1-20-15-8-6-14(7-9-15)13-21-17-12-16(19)18(17)10-4-2-3-5-11-18/h6-9,16-17H,2-5,10-13,19H2,1H3. The third-order valence-corrected chi connectivity index (χ3v) is 5.49. The number of hydrogen-bond acceptors (Lipinski definition) is 3. The highest BCUT2D eigenvalue weighted by atomic mass is 16.5. The highest BCUT2D eigenvalue weighted by Gasteiger charge is 2.53. The van der Waals surface area contributed by atoms with Crippen molar-refractivity contribution in [2.75, 3.05) is 7.11 Å². The first kappa shape index (κ1) is 14.9. The highest BCUT2D eigenvalue weighted by molar-refractivity contribution is 5.26. The lowest BCUT2D eigenvalue weighted by Gasteiger charge is -2.54. The Morgan fingerprint density at radius 3 is 2.33 bits per heavy atom. The molecule has 2 saturated carbocycles. The fourth-order valence-electron chi connectivity index (χ4n) is 4.01. The molecule has 2 atom stereocenters. The van der Waals surface area contributed by atoms with Crippen LogP contribution < -0.4 is 10.5 Å². The van der Waals surface area contributed by atoms with Gasteiger partial charge in [0.15, 0.2) is 0 Å². The molecule has 2 aliphatic carbocycles. The molecular weight excluding hydrogens is 262 g/mol. The fraction of sp³-hybridized carbons (Fsp3) is 0.667. The summed E-state index contributed by atoms with van der Waals surface area (Å²) in [6.07, 6.45) is 9.23. The van der Waals surface area contributed by atoms with Crippen LogP contribution in [0.5, 0.6) is 5.75 Å². The van der Waals surface area contributed by atoms with Crippen molar-refractivity contribution in [1.29, 1.82) is 0 Å². The second-order valence-electron chi connectivity index (χ2n) is 6.64. The first-order valence-corrected chi connectivity index (χ1v) is 8.25. The number of ether oxygens (including phenoxy) is 2. The summed E-state index contributed by atoms with van der Waals surface area (Å²) in [4.78, 5) is 0. The maximum atomic E-state index is 6.36. The van der Waals surface area contributed by atoms with Gasteiger partial charge in [0.2, 0.25) is 0 Å². The molecule has 2 fully saturated rings. The SMILES string of the molecule is COc1ccc(COC2CC(N)C23CCCCCC3)cc1. The van der Waals surface area contributed by atoms with Gasteiger partial charge in [-0.25, -0.2) is 0 Å². The minimum atomic E-state index is 0.267. The number of methoxy groups -OCH3 is 1. The summed E-state index contributed by atoms with van der Waals surface area (Å²) in [5.41, 5.74) is 7.83. The molecular formula is C18H27NO2. The summed E-state index contributed by atoms with van der Waals surface area (Å²) < 4.78 is 11.4. The van der Waals surface area contributed by atoms with Crippen LogP contribution in [0.4, 0.5) is 0 Å². The van der Waals surface area contributed by atoms with Gasteiger partial charge < -0.3 is 15.2 Å². The largest absolute Gasteiger partial charge is 0.497 e. The molecule has 0 aromatic heterocycles. The lowest BCUT2D eigenvalue weighted by Crippen LogP contribution is -2.62. The van der Waals surface area contributed by atoms with Crippen LogP contribution in [0.3, 0.4) is 0 Å². The Balaban J connectivity index is 1.59. The predicted molar refractivity (Wildman–Crippen MR) is 84.3 cm³/mol. The van der Waals surface area contributed by atoms with Crippen molar-refractivity contribution >= 4 is 0 Å². The summed E-state index contributed by atoms with van der Waals surface area (Å²) in [5, 5.41) is 0. The average molecular weight is 289 g/mol. The van der Waals surface area contributed by atoms with Crippen LogP contribution in [-0.2, 0) is 11.3 Å². The zero-order valence-corrected chi connectivity index (χ0v) is 13.0. The van der Waals surface area contributed by atoms with Gasteiger partial charge in [0.1, 0.15) is 5.75 Å². The molecule has 2 N–H and O–H groups in total. The van der Waals surface area contributed by atoms with E-state index in [9.17, 15) is 0 Å². The number of hydrogen-bond donors (Lipinski definition) is 1. The predicted octanol–water partition coefficient (Wildman–Crippen LogP) is 3.65. The fourth-order valence-corrected chi connectivity index (χ4v) is 4.01. The van der Waals surface area contributed by atoms with Crippen molar-refractivity contribution < 1.29 is 9.47 Å². The molecule has 3 heteroatoms. The van der Waals surface area contributed by atoms with Gasteiger partial charge in [0.05, 0.1) is 19.8 Å². The van der Waals surface area contributed by atoms with Crippen molar-refractivity contribution in [1.82, 2.24) is 0 Å². The summed E-state index contributed by atoms with van der Waals surface area (Å²) in [6, 6.07) is 8.49. The summed E-state index contributed by atoms with van der Waals surface area (Å²) in [6.45, 7) is 0.684. The zero-order chi connectivity index (χ0) is 14.7. The Labute approximate surface area is 127 Å². The Morgan fingerprint density at radius 2 is 1.76 bits per heavy atom. The van der Waals surface area contributed by atoms with E-state index in [1.165, 1.54) is 44.1 Å². The van der Waals surface area contributed by atoms with Crippen molar-refractivity contribution in [2.45, 2.75) is 63.7 Å². The molecule has 1 spiro atoms. The molecule has 2 unspecified atom stereocenters. The van der Waals surface area contributed by atoms with E-state index < -0.39 is 0 Å². The Bertz CT molecular complexity index is 449. The molecule has 3 rings (SSSR count). The van der Waals surface area contributed by atoms with Gasteiger partial charge >= 0.3 is 0 Å². The van der Waals surface area contributed by atoms with Crippen LogP contribution in [0.25, 0.3) is 0 Å². The summed E-state index contributed by atoms with van der Waals surface area (Å²) >= 11 is 0. The summed E-state index contributed by atoms with van der Waals surface area (Å²) in [5.74, 6) is 0.893. The van der Waals surface area contributed by atoms with Crippen molar-refractivity contribution in [3.8, 4) is 5.75 Å². The molecule has 0 aliphatic heterocycles. The average Bonchev–Trinajstić information content (AvgIpc) is 2.80. The van der Waals surface area contributed by atoms with Gasteiger partial charge in [-0.05, 0) is 37.0 Å². The van der Waals surface area contributed by atoms with Gasteiger partial charge in [-0.1, -0.05) is 37.8 Å². The van der Waals surface area contributed by atoms with Gasteiger partial charge in [0, 0.05) is 11.5 Å². The quantitative estimate of drug-likeness (QED) is 0.920. The van der Waals surface area contributed by atoms with Crippen LogP contribution in [0.1, 0.15) is 50.5 Å². The van der Waals surface area contributed by atoms with Crippen LogP contribution in [0.15, 0.2) is 24.3 Å². The smallest absolute Gasteiger partial charge is 0.118 e. The van der Waals surface area contributed by atoms with Gasteiger partial charge in [-0.2, -0.15) is 0 Å². The highest BCUT2D eigenvalue weighted by Crippen LogP contribution is 2.51. The molecule has 1 aromatic rings.